The maximum atomic E-state index is 12.6. The van der Waals surface area contributed by atoms with Crippen molar-refractivity contribution in [3.8, 4) is 11.1 Å². The van der Waals surface area contributed by atoms with Crippen molar-refractivity contribution in [2.24, 2.45) is 0 Å². The van der Waals surface area contributed by atoms with Crippen LogP contribution in [0.25, 0.3) is 11.1 Å². The van der Waals surface area contributed by atoms with Crippen molar-refractivity contribution in [1.29, 1.82) is 0 Å². The summed E-state index contributed by atoms with van der Waals surface area (Å²) in [5, 5.41) is 0. The summed E-state index contributed by atoms with van der Waals surface area (Å²) in [4.78, 5) is -0.158. The lowest BCUT2D eigenvalue weighted by molar-refractivity contribution is -0.137. The number of rotatable bonds is 2. The Hall–Kier alpha value is -1.53. The molecule has 0 unspecified atom stereocenters. The first-order chi connectivity index (χ1) is 9.18. The van der Waals surface area contributed by atoms with Crippen molar-refractivity contribution >= 4 is 19.7 Å². The fourth-order valence-electron chi connectivity index (χ4n) is 1.70. The van der Waals surface area contributed by atoms with Crippen molar-refractivity contribution in [1.82, 2.24) is 0 Å². The minimum absolute atomic E-state index is 0.158. The van der Waals surface area contributed by atoms with E-state index in [-0.39, 0.29) is 10.5 Å². The number of benzene rings is 2. The number of hydrogen-bond acceptors (Lipinski definition) is 2. The smallest absolute Gasteiger partial charge is 0.207 e. The summed E-state index contributed by atoms with van der Waals surface area (Å²) in [6.45, 7) is 0. The van der Waals surface area contributed by atoms with Crippen LogP contribution in [0.3, 0.4) is 0 Å². The summed E-state index contributed by atoms with van der Waals surface area (Å²) < 4.78 is 60.4. The first-order valence-corrected chi connectivity index (χ1v) is 7.71. The summed E-state index contributed by atoms with van der Waals surface area (Å²) in [7, 11) is 1.29. The summed E-state index contributed by atoms with van der Waals surface area (Å²) in [6.07, 6.45) is -4.45. The molecule has 2 aromatic carbocycles. The summed E-state index contributed by atoms with van der Waals surface area (Å²) in [5.74, 6) is 0. The molecule has 106 valence electrons. The van der Waals surface area contributed by atoms with Gasteiger partial charge in [0.05, 0.1) is 10.5 Å². The van der Waals surface area contributed by atoms with Gasteiger partial charge in [0.25, 0.3) is 9.05 Å². The van der Waals surface area contributed by atoms with E-state index in [0.29, 0.717) is 5.56 Å². The minimum atomic E-state index is -4.45. The molecule has 0 atom stereocenters. The Morgan fingerprint density at radius 1 is 0.900 bits per heavy atom. The van der Waals surface area contributed by atoms with Gasteiger partial charge >= 0.3 is 6.18 Å². The third-order valence-electron chi connectivity index (χ3n) is 2.64. The van der Waals surface area contributed by atoms with Crippen molar-refractivity contribution in [2.45, 2.75) is 11.1 Å². The molecule has 0 N–H and O–H groups in total. The Bertz CT molecular complexity index is 739. The Labute approximate surface area is 118 Å². The quantitative estimate of drug-likeness (QED) is 0.773. The van der Waals surface area contributed by atoms with Gasteiger partial charge in [-0.25, -0.2) is 8.42 Å². The SMILES string of the molecule is O=S(=O)(Cl)c1cccc(-c2cccc(C(F)(F)F)c2)c1. The molecule has 0 saturated carbocycles. The van der Waals surface area contributed by atoms with Gasteiger partial charge < -0.3 is 0 Å². The average molecular weight is 321 g/mol. The second-order valence-electron chi connectivity index (χ2n) is 4.04. The molecule has 0 radical (unpaired) electrons. The molecular weight excluding hydrogens is 313 g/mol. The standard InChI is InChI=1S/C13H8ClF3O2S/c14-20(18,19)12-6-2-4-10(8-12)9-3-1-5-11(7-9)13(15,16)17/h1-8H. The van der Waals surface area contributed by atoms with Crippen LogP contribution >= 0.6 is 10.7 Å². The van der Waals surface area contributed by atoms with Crippen LogP contribution in [-0.2, 0) is 15.2 Å². The van der Waals surface area contributed by atoms with E-state index in [1.54, 1.807) is 0 Å². The average Bonchev–Trinajstić information content (AvgIpc) is 2.37. The second kappa shape index (κ2) is 5.10. The zero-order chi connectivity index (χ0) is 15.0. The molecule has 0 aliphatic rings. The molecule has 0 aliphatic heterocycles. The predicted octanol–water partition coefficient (Wildman–Crippen LogP) is 4.30. The van der Waals surface area contributed by atoms with Crippen molar-refractivity contribution < 1.29 is 21.6 Å². The Morgan fingerprint density at radius 3 is 2.00 bits per heavy atom. The van der Waals surface area contributed by atoms with Crippen molar-refractivity contribution in [3.63, 3.8) is 0 Å². The molecule has 2 rings (SSSR count). The highest BCUT2D eigenvalue weighted by Crippen LogP contribution is 2.32. The summed E-state index contributed by atoms with van der Waals surface area (Å²) >= 11 is 0. The Balaban J connectivity index is 2.53. The topological polar surface area (TPSA) is 34.1 Å². The van der Waals surface area contributed by atoms with Gasteiger partial charge in [-0.1, -0.05) is 24.3 Å². The second-order valence-corrected chi connectivity index (χ2v) is 6.61. The molecule has 0 amide bonds. The highest BCUT2D eigenvalue weighted by Gasteiger charge is 2.30. The van der Waals surface area contributed by atoms with E-state index in [1.807, 2.05) is 0 Å². The van der Waals surface area contributed by atoms with Gasteiger partial charge in [-0.3, -0.25) is 0 Å². The van der Waals surface area contributed by atoms with Crippen LogP contribution in [0.4, 0.5) is 13.2 Å². The molecule has 0 aromatic heterocycles. The third kappa shape index (κ3) is 3.32. The fourth-order valence-corrected chi connectivity index (χ4v) is 2.50. The molecule has 0 bridgehead atoms. The van der Waals surface area contributed by atoms with Gasteiger partial charge in [-0.15, -0.1) is 0 Å². The van der Waals surface area contributed by atoms with E-state index >= 15 is 0 Å². The van der Waals surface area contributed by atoms with Crippen LogP contribution in [0.5, 0.6) is 0 Å². The Kier molecular flexibility index (Phi) is 3.80. The zero-order valence-corrected chi connectivity index (χ0v) is 11.4. The molecule has 0 aliphatic carbocycles. The number of halogens is 4. The first kappa shape index (κ1) is 14.9. The van der Waals surface area contributed by atoms with Crippen molar-refractivity contribution in [2.75, 3.05) is 0 Å². The molecule has 7 heteroatoms. The zero-order valence-electron chi connectivity index (χ0n) is 9.86. The molecule has 0 fully saturated rings. The van der Waals surface area contributed by atoms with Gasteiger partial charge in [-0.2, -0.15) is 13.2 Å². The van der Waals surface area contributed by atoms with Crippen LogP contribution in [-0.4, -0.2) is 8.42 Å². The molecule has 0 saturated heterocycles. The summed E-state index contributed by atoms with van der Waals surface area (Å²) in [5.41, 5.74) is -0.186. The largest absolute Gasteiger partial charge is 0.416 e. The monoisotopic (exact) mass is 320 g/mol. The van der Waals surface area contributed by atoms with Gasteiger partial charge in [0, 0.05) is 10.7 Å². The van der Waals surface area contributed by atoms with E-state index in [1.165, 1.54) is 36.4 Å². The van der Waals surface area contributed by atoms with Gasteiger partial charge in [-0.05, 0) is 35.4 Å². The van der Waals surface area contributed by atoms with Crippen molar-refractivity contribution in [3.05, 3.63) is 54.1 Å². The molecule has 0 spiro atoms. The van der Waals surface area contributed by atoms with Gasteiger partial charge in [0.1, 0.15) is 0 Å². The van der Waals surface area contributed by atoms with Crippen LogP contribution in [0.2, 0.25) is 0 Å². The molecule has 2 nitrogen and oxygen atoms in total. The van der Waals surface area contributed by atoms with E-state index < -0.39 is 20.8 Å². The highest BCUT2D eigenvalue weighted by molar-refractivity contribution is 8.13. The van der Waals surface area contributed by atoms with Crippen LogP contribution in [0.15, 0.2) is 53.4 Å². The van der Waals surface area contributed by atoms with Crippen LogP contribution in [0, 0.1) is 0 Å². The maximum Gasteiger partial charge on any atom is 0.416 e. The normalized spacial score (nSPS) is 12.4. The van der Waals surface area contributed by atoms with E-state index in [0.717, 1.165) is 12.1 Å². The number of alkyl halides is 3. The van der Waals surface area contributed by atoms with Gasteiger partial charge in [0.15, 0.2) is 0 Å². The lowest BCUT2D eigenvalue weighted by Crippen LogP contribution is -2.04. The third-order valence-corrected chi connectivity index (χ3v) is 3.99. The number of hydrogen-bond donors (Lipinski definition) is 0. The molecule has 20 heavy (non-hydrogen) atoms. The highest BCUT2D eigenvalue weighted by atomic mass is 35.7. The Morgan fingerprint density at radius 2 is 1.45 bits per heavy atom. The predicted molar refractivity (Wildman–Crippen MR) is 69.9 cm³/mol. The van der Waals surface area contributed by atoms with Crippen LogP contribution < -0.4 is 0 Å². The van der Waals surface area contributed by atoms with Crippen LogP contribution in [0.1, 0.15) is 5.56 Å². The molecular formula is C13H8ClF3O2S. The lowest BCUT2D eigenvalue weighted by atomic mass is 10.0. The summed E-state index contributed by atoms with van der Waals surface area (Å²) in [6, 6.07) is 10.1. The maximum absolute atomic E-state index is 12.6. The molecule has 2 aromatic rings. The van der Waals surface area contributed by atoms with E-state index in [4.69, 9.17) is 10.7 Å². The molecule has 0 heterocycles. The van der Waals surface area contributed by atoms with Gasteiger partial charge in [0.2, 0.25) is 0 Å². The van der Waals surface area contributed by atoms with E-state index in [2.05, 4.69) is 0 Å². The fraction of sp³-hybridized carbons (Fsp3) is 0.0769. The minimum Gasteiger partial charge on any atom is -0.207 e. The lowest BCUT2D eigenvalue weighted by Gasteiger charge is -2.09. The first-order valence-electron chi connectivity index (χ1n) is 5.40. The van der Waals surface area contributed by atoms with E-state index in [9.17, 15) is 21.6 Å².